The van der Waals surface area contributed by atoms with E-state index in [1.165, 1.54) is 17.4 Å². The molecule has 12 heteroatoms. The van der Waals surface area contributed by atoms with Crippen molar-refractivity contribution in [3.8, 4) is 11.8 Å². The fraction of sp³-hybridized carbons (Fsp3) is 0.333. The number of aliphatic hydroxyl groups is 1. The summed E-state index contributed by atoms with van der Waals surface area (Å²) in [6.07, 6.45) is 1.60. The summed E-state index contributed by atoms with van der Waals surface area (Å²) in [5.41, 5.74) is 0.0578. The van der Waals surface area contributed by atoms with Crippen molar-refractivity contribution < 1.29 is 34.0 Å². The van der Waals surface area contributed by atoms with Crippen LogP contribution in [0, 0.1) is 17.1 Å². The van der Waals surface area contributed by atoms with E-state index in [4.69, 9.17) is 36.1 Å². The molecule has 0 unspecified atom stereocenters. The van der Waals surface area contributed by atoms with Gasteiger partial charge in [0.2, 0.25) is 0 Å². The lowest BCUT2D eigenvalue weighted by Crippen LogP contribution is -2.34. The summed E-state index contributed by atoms with van der Waals surface area (Å²) in [6, 6.07) is 4.05. The lowest BCUT2D eigenvalue weighted by atomic mass is 10.1. The maximum absolute atomic E-state index is 13.5. The van der Waals surface area contributed by atoms with Gasteiger partial charge in [-0.25, -0.2) is 19.0 Å². The zero-order valence-electron chi connectivity index (χ0n) is 15.7. The van der Waals surface area contributed by atoms with Gasteiger partial charge in [0, 0.05) is 30.1 Å². The molecule has 0 aliphatic rings. The first-order chi connectivity index (χ1) is 14.2. The highest BCUT2D eigenvalue weighted by atomic mass is 35.5. The standard InChI is InChI=1S/C16H17ClFN3O2S.C2H2O4/c1-2-20-11(9-22)6-15(16-21-3-4-24-16)23-14-7-12(17)13(18)5-10(14)8-19;3-1(4)2(5)6/h3-5,7,11,15,20,22H,2,6,9H2,1H3;(H,3,4)(H,5,6)/t11-,15+;/m0./s1. The van der Waals surface area contributed by atoms with Crippen LogP contribution in [-0.2, 0) is 9.59 Å². The predicted octanol–water partition coefficient (Wildman–Crippen LogP) is 2.44. The van der Waals surface area contributed by atoms with Crippen LogP contribution in [0.4, 0.5) is 4.39 Å². The number of hydrogen-bond donors (Lipinski definition) is 4. The minimum absolute atomic E-state index is 0.0578. The third-order valence-electron chi connectivity index (χ3n) is 3.53. The Morgan fingerprint density at radius 1 is 1.40 bits per heavy atom. The van der Waals surface area contributed by atoms with Gasteiger partial charge in [0.1, 0.15) is 22.6 Å². The zero-order valence-corrected chi connectivity index (χ0v) is 17.3. The second-order valence-corrected chi connectivity index (χ2v) is 6.97. The molecule has 0 saturated heterocycles. The minimum Gasteiger partial charge on any atom is -0.482 e. The molecule has 2 rings (SSSR count). The molecule has 0 spiro atoms. The van der Waals surface area contributed by atoms with Crippen molar-refractivity contribution in [2.75, 3.05) is 13.2 Å². The maximum atomic E-state index is 13.5. The number of nitriles is 1. The Hall–Kier alpha value is -2.78. The number of nitrogens with zero attached hydrogens (tertiary/aromatic N) is 2. The molecule has 2 atom stereocenters. The number of carbonyl (C=O) groups is 2. The number of thiazole rings is 1. The molecule has 0 fully saturated rings. The van der Waals surface area contributed by atoms with Gasteiger partial charge in [0.05, 0.1) is 17.2 Å². The molecule has 1 aromatic heterocycles. The lowest BCUT2D eigenvalue weighted by Gasteiger charge is -2.23. The SMILES string of the molecule is CCN[C@H](CO)C[C@@H](Oc1cc(Cl)c(F)cc1C#N)c1nccs1.O=C(O)C(=O)O. The van der Waals surface area contributed by atoms with Crippen LogP contribution in [0.15, 0.2) is 23.7 Å². The van der Waals surface area contributed by atoms with E-state index in [0.29, 0.717) is 18.0 Å². The fourth-order valence-electron chi connectivity index (χ4n) is 2.23. The lowest BCUT2D eigenvalue weighted by molar-refractivity contribution is -0.159. The van der Waals surface area contributed by atoms with Crippen LogP contribution in [0.5, 0.6) is 5.75 Å². The number of rotatable bonds is 8. The normalized spacial score (nSPS) is 12.1. The van der Waals surface area contributed by atoms with Crippen molar-refractivity contribution in [3.05, 3.63) is 45.1 Å². The van der Waals surface area contributed by atoms with Crippen LogP contribution in [0.2, 0.25) is 5.02 Å². The molecular formula is C18H19ClFN3O6S. The summed E-state index contributed by atoms with van der Waals surface area (Å²) in [6.45, 7) is 2.57. The monoisotopic (exact) mass is 459 g/mol. The van der Waals surface area contributed by atoms with Crippen LogP contribution in [-0.4, -0.2) is 51.4 Å². The molecule has 0 radical (unpaired) electrons. The fourth-order valence-corrected chi connectivity index (χ4v) is 3.06. The van der Waals surface area contributed by atoms with Crippen molar-refractivity contribution in [2.24, 2.45) is 0 Å². The Morgan fingerprint density at radius 3 is 2.53 bits per heavy atom. The van der Waals surface area contributed by atoms with Gasteiger partial charge in [-0.15, -0.1) is 11.3 Å². The number of aliphatic hydroxyl groups excluding tert-OH is 1. The Bertz CT molecular complexity index is 879. The number of carboxylic acids is 2. The quantitative estimate of drug-likeness (QED) is 0.436. The summed E-state index contributed by atoms with van der Waals surface area (Å²) in [4.78, 5) is 22.4. The average molecular weight is 460 g/mol. The number of aromatic nitrogens is 1. The first kappa shape index (κ1) is 25.3. The summed E-state index contributed by atoms with van der Waals surface area (Å²) < 4.78 is 19.4. The van der Waals surface area contributed by atoms with Crippen molar-refractivity contribution in [3.63, 3.8) is 0 Å². The minimum atomic E-state index is -1.82. The number of likely N-dealkylation sites (N-methyl/N-ethyl adjacent to an activating group) is 1. The molecule has 9 nitrogen and oxygen atoms in total. The number of aliphatic carboxylic acids is 2. The molecule has 0 amide bonds. The first-order valence-corrected chi connectivity index (χ1v) is 9.74. The smallest absolute Gasteiger partial charge is 0.414 e. The van der Waals surface area contributed by atoms with Crippen molar-refractivity contribution in [1.82, 2.24) is 10.3 Å². The zero-order chi connectivity index (χ0) is 22.7. The number of halogens is 2. The Kier molecular flexibility index (Phi) is 10.7. The number of ether oxygens (including phenoxy) is 1. The van der Waals surface area contributed by atoms with Gasteiger partial charge in [-0.3, -0.25) is 0 Å². The molecule has 0 aliphatic carbocycles. The van der Waals surface area contributed by atoms with Crippen molar-refractivity contribution in [2.45, 2.75) is 25.5 Å². The van der Waals surface area contributed by atoms with Gasteiger partial charge in [0.15, 0.2) is 6.10 Å². The number of carboxylic acid groups (broad SMARTS) is 2. The van der Waals surface area contributed by atoms with E-state index in [1.54, 1.807) is 6.20 Å². The van der Waals surface area contributed by atoms with Crippen LogP contribution in [0.1, 0.15) is 30.0 Å². The van der Waals surface area contributed by atoms with Gasteiger partial charge in [-0.2, -0.15) is 5.26 Å². The first-order valence-electron chi connectivity index (χ1n) is 8.49. The molecule has 2 aromatic rings. The van der Waals surface area contributed by atoms with Crippen LogP contribution >= 0.6 is 22.9 Å². The molecule has 0 saturated carbocycles. The van der Waals surface area contributed by atoms with E-state index in [2.05, 4.69) is 10.3 Å². The maximum Gasteiger partial charge on any atom is 0.414 e. The van der Waals surface area contributed by atoms with Crippen LogP contribution < -0.4 is 10.1 Å². The van der Waals surface area contributed by atoms with Crippen LogP contribution in [0.25, 0.3) is 0 Å². The van der Waals surface area contributed by atoms with E-state index < -0.39 is 23.9 Å². The molecule has 162 valence electrons. The molecule has 0 bridgehead atoms. The van der Waals surface area contributed by atoms with Crippen molar-refractivity contribution >= 4 is 34.9 Å². The van der Waals surface area contributed by atoms with E-state index in [-0.39, 0.29) is 29.0 Å². The number of hydrogen-bond acceptors (Lipinski definition) is 8. The second-order valence-electron chi connectivity index (χ2n) is 5.63. The topological polar surface area (TPSA) is 153 Å². The molecular weight excluding hydrogens is 441 g/mol. The summed E-state index contributed by atoms with van der Waals surface area (Å²) in [7, 11) is 0. The highest BCUT2D eigenvalue weighted by Gasteiger charge is 2.23. The summed E-state index contributed by atoms with van der Waals surface area (Å²) >= 11 is 7.21. The van der Waals surface area contributed by atoms with E-state index in [9.17, 15) is 14.8 Å². The van der Waals surface area contributed by atoms with Gasteiger partial charge in [-0.05, 0) is 12.6 Å². The van der Waals surface area contributed by atoms with Gasteiger partial charge >= 0.3 is 11.9 Å². The Labute approximate surface area is 180 Å². The van der Waals surface area contributed by atoms with Gasteiger partial charge in [0.25, 0.3) is 0 Å². The molecule has 30 heavy (non-hydrogen) atoms. The number of nitrogens with one attached hydrogen (secondary N) is 1. The molecule has 1 aromatic carbocycles. The Balaban J connectivity index is 0.000000656. The molecule has 1 heterocycles. The van der Waals surface area contributed by atoms with Crippen LogP contribution in [0.3, 0.4) is 0 Å². The highest BCUT2D eigenvalue weighted by Crippen LogP contribution is 2.32. The van der Waals surface area contributed by atoms with E-state index in [1.807, 2.05) is 18.4 Å². The van der Waals surface area contributed by atoms with E-state index in [0.717, 1.165) is 6.07 Å². The largest absolute Gasteiger partial charge is 0.482 e. The average Bonchev–Trinajstić information content (AvgIpc) is 3.24. The molecule has 0 aliphatic heterocycles. The Morgan fingerprint density at radius 2 is 2.07 bits per heavy atom. The summed E-state index contributed by atoms with van der Waals surface area (Å²) in [5, 5.41) is 39.0. The third kappa shape index (κ3) is 7.92. The van der Waals surface area contributed by atoms with Crippen molar-refractivity contribution in [1.29, 1.82) is 5.26 Å². The third-order valence-corrected chi connectivity index (χ3v) is 4.69. The predicted molar refractivity (Wildman–Crippen MR) is 106 cm³/mol. The number of benzene rings is 1. The highest BCUT2D eigenvalue weighted by molar-refractivity contribution is 7.09. The van der Waals surface area contributed by atoms with E-state index >= 15 is 0 Å². The van der Waals surface area contributed by atoms with Gasteiger partial charge in [-0.1, -0.05) is 18.5 Å². The summed E-state index contributed by atoms with van der Waals surface area (Å²) in [5.74, 6) is -4.13. The molecule has 4 N–H and O–H groups in total. The van der Waals surface area contributed by atoms with Gasteiger partial charge < -0.3 is 25.4 Å². The second kappa shape index (κ2) is 12.7.